The summed E-state index contributed by atoms with van der Waals surface area (Å²) in [6.45, 7) is 2.33. The normalized spacial score (nSPS) is 10.2. The van der Waals surface area contributed by atoms with Crippen LogP contribution in [0, 0.1) is 6.92 Å². The Balaban J connectivity index is 1.74. The van der Waals surface area contributed by atoms with Crippen LogP contribution in [0.4, 0.5) is 0 Å². The summed E-state index contributed by atoms with van der Waals surface area (Å²) in [5.74, 6) is 0.435. The number of carbonyl (C=O) groups is 1. The van der Waals surface area contributed by atoms with Crippen LogP contribution in [-0.2, 0) is 11.3 Å². The summed E-state index contributed by atoms with van der Waals surface area (Å²) in [6, 6.07) is 6.87. The molecule has 100 valence electrons. The number of aryl methyl sites for hydroxylation is 1. The van der Waals surface area contributed by atoms with Gasteiger partial charge in [-0.2, -0.15) is 0 Å². The fraction of sp³-hybridized carbons (Fsp3) is 0.231. The van der Waals surface area contributed by atoms with Gasteiger partial charge in [-0.15, -0.1) is 11.3 Å². The number of benzene rings is 1. The molecule has 1 aromatic carbocycles. The monoisotopic (exact) mass is 296 g/mol. The zero-order valence-electron chi connectivity index (χ0n) is 10.4. The molecule has 0 atom stereocenters. The van der Waals surface area contributed by atoms with Crippen molar-refractivity contribution < 1.29 is 9.53 Å². The molecule has 1 amide bonds. The number of rotatable bonds is 5. The number of amides is 1. The number of hydrogen-bond donors (Lipinski definition) is 1. The van der Waals surface area contributed by atoms with Crippen LogP contribution in [0.25, 0.3) is 0 Å². The second-order valence-corrected chi connectivity index (χ2v) is 5.38. The van der Waals surface area contributed by atoms with E-state index in [0.29, 0.717) is 17.3 Å². The van der Waals surface area contributed by atoms with Crippen LogP contribution in [0.1, 0.15) is 10.7 Å². The fourth-order valence-electron chi connectivity index (χ4n) is 1.41. The molecular formula is C13H13ClN2O2S. The first-order valence-corrected chi connectivity index (χ1v) is 6.95. The second-order valence-electron chi connectivity index (χ2n) is 3.88. The summed E-state index contributed by atoms with van der Waals surface area (Å²) in [6.07, 6.45) is 0. The Kier molecular flexibility index (Phi) is 4.76. The molecule has 0 bridgehead atoms. The molecule has 2 aromatic rings. The number of nitrogens with one attached hydrogen (secondary N) is 1. The lowest BCUT2D eigenvalue weighted by Crippen LogP contribution is -2.28. The lowest BCUT2D eigenvalue weighted by Gasteiger charge is -2.06. The quantitative estimate of drug-likeness (QED) is 0.923. The van der Waals surface area contributed by atoms with Gasteiger partial charge in [0.05, 0.1) is 17.2 Å². The summed E-state index contributed by atoms with van der Waals surface area (Å²) < 4.78 is 5.33. The number of nitrogens with zero attached hydrogens (tertiary/aromatic N) is 1. The topological polar surface area (TPSA) is 51.2 Å². The van der Waals surface area contributed by atoms with Crippen LogP contribution < -0.4 is 10.1 Å². The molecule has 6 heteroatoms. The Morgan fingerprint density at radius 1 is 1.42 bits per heavy atom. The number of ether oxygens (including phenoxy) is 1. The van der Waals surface area contributed by atoms with Gasteiger partial charge >= 0.3 is 0 Å². The summed E-state index contributed by atoms with van der Waals surface area (Å²) in [5, 5.41) is 6.30. The molecule has 0 aliphatic rings. The van der Waals surface area contributed by atoms with Gasteiger partial charge in [-0.25, -0.2) is 4.98 Å². The smallest absolute Gasteiger partial charge is 0.258 e. The lowest BCUT2D eigenvalue weighted by atomic mass is 10.3. The van der Waals surface area contributed by atoms with E-state index < -0.39 is 0 Å². The minimum absolute atomic E-state index is 0.0231. The largest absolute Gasteiger partial charge is 0.484 e. The molecule has 0 unspecified atom stereocenters. The molecule has 0 radical (unpaired) electrons. The summed E-state index contributed by atoms with van der Waals surface area (Å²) >= 11 is 7.31. The molecule has 0 spiro atoms. The number of thiazole rings is 1. The van der Waals surface area contributed by atoms with Gasteiger partial charge in [-0.1, -0.05) is 11.6 Å². The van der Waals surface area contributed by atoms with Crippen molar-refractivity contribution in [3.8, 4) is 5.75 Å². The molecule has 19 heavy (non-hydrogen) atoms. The zero-order valence-corrected chi connectivity index (χ0v) is 11.9. The minimum Gasteiger partial charge on any atom is -0.484 e. The minimum atomic E-state index is -0.180. The number of aromatic nitrogens is 1. The first-order valence-electron chi connectivity index (χ1n) is 5.69. The van der Waals surface area contributed by atoms with Gasteiger partial charge in [-0.3, -0.25) is 4.79 Å². The number of halogens is 1. The SMILES string of the molecule is Cc1nc(CNC(=O)COc2ccc(Cl)cc2)cs1. The average molecular weight is 297 g/mol. The average Bonchev–Trinajstić information content (AvgIpc) is 2.81. The zero-order chi connectivity index (χ0) is 13.7. The molecule has 4 nitrogen and oxygen atoms in total. The summed E-state index contributed by atoms with van der Waals surface area (Å²) in [4.78, 5) is 15.8. The van der Waals surface area contributed by atoms with Crippen molar-refractivity contribution in [3.05, 3.63) is 45.4 Å². The van der Waals surface area contributed by atoms with Crippen LogP contribution in [0.15, 0.2) is 29.6 Å². The molecule has 2 rings (SSSR count). The van der Waals surface area contributed by atoms with Gasteiger partial charge in [0, 0.05) is 10.4 Å². The number of carbonyl (C=O) groups excluding carboxylic acids is 1. The van der Waals surface area contributed by atoms with Crippen molar-refractivity contribution >= 4 is 28.8 Å². The van der Waals surface area contributed by atoms with Crippen molar-refractivity contribution in [2.45, 2.75) is 13.5 Å². The van der Waals surface area contributed by atoms with Gasteiger partial charge in [0.15, 0.2) is 6.61 Å². The highest BCUT2D eigenvalue weighted by molar-refractivity contribution is 7.09. The molecule has 0 fully saturated rings. The third-order valence-corrected chi connectivity index (χ3v) is 3.39. The van der Waals surface area contributed by atoms with E-state index in [2.05, 4.69) is 10.3 Å². The molecule has 1 N–H and O–H groups in total. The second kappa shape index (κ2) is 6.54. The van der Waals surface area contributed by atoms with Crippen LogP contribution >= 0.6 is 22.9 Å². The maximum absolute atomic E-state index is 11.6. The van der Waals surface area contributed by atoms with E-state index >= 15 is 0 Å². The fourth-order valence-corrected chi connectivity index (χ4v) is 2.15. The van der Waals surface area contributed by atoms with Gasteiger partial charge in [0.25, 0.3) is 5.91 Å². The van der Waals surface area contributed by atoms with Crippen molar-refractivity contribution in [2.24, 2.45) is 0 Å². The molecular weight excluding hydrogens is 284 g/mol. The summed E-state index contributed by atoms with van der Waals surface area (Å²) in [7, 11) is 0. The Morgan fingerprint density at radius 3 is 2.79 bits per heavy atom. The Morgan fingerprint density at radius 2 is 2.16 bits per heavy atom. The molecule has 1 aromatic heterocycles. The first kappa shape index (κ1) is 13.8. The highest BCUT2D eigenvalue weighted by atomic mass is 35.5. The van der Waals surface area contributed by atoms with Gasteiger partial charge in [0.1, 0.15) is 5.75 Å². The van der Waals surface area contributed by atoms with E-state index in [1.807, 2.05) is 12.3 Å². The van der Waals surface area contributed by atoms with Crippen molar-refractivity contribution in [1.82, 2.24) is 10.3 Å². The highest BCUT2D eigenvalue weighted by Gasteiger charge is 2.04. The predicted octanol–water partition coefficient (Wildman–Crippen LogP) is 2.80. The van der Waals surface area contributed by atoms with Gasteiger partial charge in [0.2, 0.25) is 0 Å². The standard InChI is InChI=1S/C13H13ClN2O2S/c1-9-16-11(8-19-9)6-15-13(17)7-18-12-4-2-10(14)3-5-12/h2-5,8H,6-7H2,1H3,(H,15,17). The molecule has 0 saturated carbocycles. The first-order chi connectivity index (χ1) is 9.13. The Labute approximate surface area is 120 Å². The van der Waals surface area contributed by atoms with Crippen LogP contribution in [-0.4, -0.2) is 17.5 Å². The van der Waals surface area contributed by atoms with E-state index in [-0.39, 0.29) is 12.5 Å². The highest BCUT2D eigenvalue weighted by Crippen LogP contribution is 2.15. The van der Waals surface area contributed by atoms with Gasteiger partial charge in [-0.05, 0) is 31.2 Å². The third kappa shape index (κ3) is 4.54. The Bertz CT molecular complexity index is 554. The Hall–Kier alpha value is -1.59. The molecule has 0 aliphatic heterocycles. The summed E-state index contributed by atoms with van der Waals surface area (Å²) in [5.41, 5.74) is 0.863. The van der Waals surface area contributed by atoms with E-state index in [0.717, 1.165) is 10.7 Å². The van der Waals surface area contributed by atoms with Crippen LogP contribution in [0.5, 0.6) is 5.75 Å². The van der Waals surface area contributed by atoms with Crippen LogP contribution in [0.3, 0.4) is 0 Å². The van der Waals surface area contributed by atoms with Crippen molar-refractivity contribution in [3.63, 3.8) is 0 Å². The van der Waals surface area contributed by atoms with E-state index in [1.54, 1.807) is 35.6 Å². The third-order valence-electron chi connectivity index (χ3n) is 2.32. The van der Waals surface area contributed by atoms with E-state index in [9.17, 15) is 4.79 Å². The molecule has 0 saturated heterocycles. The lowest BCUT2D eigenvalue weighted by molar-refractivity contribution is -0.123. The predicted molar refractivity (Wildman–Crippen MR) is 75.6 cm³/mol. The molecule has 0 aliphatic carbocycles. The maximum atomic E-state index is 11.6. The van der Waals surface area contributed by atoms with E-state index in [1.165, 1.54) is 0 Å². The van der Waals surface area contributed by atoms with E-state index in [4.69, 9.17) is 16.3 Å². The number of hydrogen-bond acceptors (Lipinski definition) is 4. The van der Waals surface area contributed by atoms with Crippen molar-refractivity contribution in [1.29, 1.82) is 0 Å². The maximum Gasteiger partial charge on any atom is 0.258 e. The van der Waals surface area contributed by atoms with Crippen LogP contribution in [0.2, 0.25) is 5.02 Å². The molecule has 1 heterocycles. The van der Waals surface area contributed by atoms with Crippen molar-refractivity contribution in [2.75, 3.05) is 6.61 Å². The van der Waals surface area contributed by atoms with Gasteiger partial charge < -0.3 is 10.1 Å².